The molecule has 138 valence electrons. The first-order chi connectivity index (χ1) is 12.2. The molecule has 0 aromatic heterocycles. The van der Waals surface area contributed by atoms with E-state index in [1.165, 1.54) is 44.6 Å². The third kappa shape index (κ3) is 4.27. The first-order valence-electron chi connectivity index (χ1n) is 6.98. The summed E-state index contributed by atoms with van der Waals surface area (Å²) >= 11 is 12.0. The summed E-state index contributed by atoms with van der Waals surface area (Å²) in [6.07, 6.45) is 0. The van der Waals surface area contributed by atoms with E-state index in [0.29, 0.717) is 0 Å². The maximum atomic E-state index is 12.7. The minimum atomic E-state index is -4.21. The molecule has 7 nitrogen and oxygen atoms in total. The van der Waals surface area contributed by atoms with Gasteiger partial charge < -0.3 is 9.47 Å². The monoisotopic (exact) mass is 417 g/mol. The Balaban J connectivity index is 2.47. The molecular formula is C16H13Cl2NO6S. The Morgan fingerprint density at radius 3 is 1.92 bits per heavy atom. The number of nitrogens with one attached hydrogen (secondary N) is 1. The van der Waals surface area contributed by atoms with Crippen LogP contribution in [0, 0.1) is 0 Å². The summed E-state index contributed by atoms with van der Waals surface area (Å²) < 4.78 is 36.7. The molecule has 2 aromatic rings. The number of hydrogen-bond acceptors (Lipinski definition) is 6. The molecule has 0 aliphatic heterocycles. The molecule has 0 bridgehead atoms. The predicted molar refractivity (Wildman–Crippen MR) is 96.4 cm³/mol. The van der Waals surface area contributed by atoms with Gasteiger partial charge in [-0.1, -0.05) is 23.2 Å². The first-order valence-corrected chi connectivity index (χ1v) is 9.22. The van der Waals surface area contributed by atoms with Gasteiger partial charge in [-0.05, 0) is 36.4 Å². The van der Waals surface area contributed by atoms with Crippen molar-refractivity contribution in [1.29, 1.82) is 0 Å². The lowest BCUT2D eigenvalue weighted by molar-refractivity contribution is 0.0591. The fraction of sp³-hybridized carbons (Fsp3) is 0.125. The molecule has 0 spiro atoms. The minimum absolute atomic E-state index is 0.00619. The Morgan fingerprint density at radius 2 is 1.38 bits per heavy atom. The molecule has 0 aliphatic carbocycles. The van der Waals surface area contributed by atoms with Crippen LogP contribution in [0.1, 0.15) is 20.7 Å². The number of benzene rings is 2. The Morgan fingerprint density at radius 1 is 0.885 bits per heavy atom. The number of carbonyl (C=O) groups excluding carboxylic acids is 2. The van der Waals surface area contributed by atoms with Crippen LogP contribution in [0.3, 0.4) is 0 Å². The van der Waals surface area contributed by atoms with Crippen LogP contribution in [0.25, 0.3) is 0 Å². The molecule has 0 radical (unpaired) electrons. The summed E-state index contributed by atoms with van der Waals surface area (Å²) in [5, 5.41) is -0.0492. The van der Waals surface area contributed by atoms with E-state index in [1.807, 2.05) is 0 Å². The SMILES string of the molecule is COC(=O)c1ccc(Cl)c(NS(=O)(=O)c2cc(C(=O)OC)ccc2Cl)c1. The fourth-order valence-corrected chi connectivity index (χ4v) is 3.82. The van der Waals surface area contributed by atoms with Crippen molar-refractivity contribution in [3.63, 3.8) is 0 Å². The molecule has 0 saturated carbocycles. The molecule has 26 heavy (non-hydrogen) atoms. The van der Waals surface area contributed by atoms with Gasteiger partial charge in [0.1, 0.15) is 4.90 Å². The van der Waals surface area contributed by atoms with Crippen molar-refractivity contribution in [3.8, 4) is 0 Å². The maximum Gasteiger partial charge on any atom is 0.337 e. The minimum Gasteiger partial charge on any atom is -0.465 e. The van der Waals surface area contributed by atoms with Gasteiger partial charge in [-0.2, -0.15) is 0 Å². The van der Waals surface area contributed by atoms with Crippen LogP contribution in [-0.4, -0.2) is 34.6 Å². The van der Waals surface area contributed by atoms with Gasteiger partial charge in [-0.15, -0.1) is 0 Å². The van der Waals surface area contributed by atoms with Crippen molar-refractivity contribution < 1.29 is 27.5 Å². The second-order valence-corrected chi connectivity index (χ2v) is 7.39. The summed E-state index contributed by atoms with van der Waals surface area (Å²) in [6, 6.07) is 7.63. The van der Waals surface area contributed by atoms with E-state index in [0.717, 1.165) is 6.07 Å². The highest BCUT2D eigenvalue weighted by molar-refractivity contribution is 7.92. The van der Waals surface area contributed by atoms with Gasteiger partial charge >= 0.3 is 11.9 Å². The van der Waals surface area contributed by atoms with Crippen molar-refractivity contribution >= 4 is 50.9 Å². The zero-order chi connectivity index (χ0) is 19.5. The van der Waals surface area contributed by atoms with E-state index in [1.54, 1.807) is 0 Å². The van der Waals surface area contributed by atoms with Crippen LogP contribution in [0.4, 0.5) is 5.69 Å². The summed E-state index contributed by atoms with van der Waals surface area (Å²) in [5.41, 5.74) is 0.0600. The zero-order valence-electron chi connectivity index (χ0n) is 13.6. The van der Waals surface area contributed by atoms with Crippen molar-refractivity contribution in [3.05, 3.63) is 57.6 Å². The van der Waals surface area contributed by atoms with Crippen molar-refractivity contribution in [2.24, 2.45) is 0 Å². The molecule has 0 heterocycles. The molecule has 0 aliphatic rings. The van der Waals surface area contributed by atoms with Crippen molar-refractivity contribution in [2.75, 3.05) is 18.9 Å². The average Bonchev–Trinajstić information content (AvgIpc) is 2.62. The van der Waals surface area contributed by atoms with Gasteiger partial charge in [0.15, 0.2) is 0 Å². The molecule has 0 amide bonds. The smallest absolute Gasteiger partial charge is 0.337 e. The molecular weight excluding hydrogens is 405 g/mol. The molecule has 2 rings (SSSR count). The third-order valence-corrected chi connectivity index (χ3v) is 5.45. The second kappa shape index (κ2) is 7.94. The topological polar surface area (TPSA) is 98.8 Å². The van der Waals surface area contributed by atoms with Gasteiger partial charge in [-0.3, -0.25) is 4.72 Å². The predicted octanol–water partition coefficient (Wildman–Crippen LogP) is 3.37. The van der Waals surface area contributed by atoms with Crippen LogP contribution in [0.15, 0.2) is 41.3 Å². The highest BCUT2D eigenvalue weighted by Crippen LogP contribution is 2.29. The molecule has 2 aromatic carbocycles. The van der Waals surface area contributed by atoms with Crippen LogP contribution >= 0.6 is 23.2 Å². The fourth-order valence-electron chi connectivity index (χ4n) is 2.00. The highest BCUT2D eigenvalue weighted by atomic mass is 35.5. The molecule has 1 N–H and O–H groups in total. The lowest BCUT2D eigenvalue weighted by Crippen LogP contribution is -2.15. The Hall–Kier alpha value is -2.29. The largest absolute Gasteiger partial charge is 0.465 e. The molecule has 10 heteroatoms. The van der Waals surface area contributed by atoms with E-state index >= 15 is 0 Å². The number of rotatable bonds is 5. The Kier molecular flexibility index (Phi) is 6.12. The number of anilines is 1. The van der Waals surface area contributed by atoms with Crippen LogP contribution in [0.2, 0.25) is 10.0 Å². The van der Waals surface area contributed by atoms with Gasteiger partial charge in [0, 0.05) is 0 Å². The normalized spacial score (nSPS) is 10.9. The van der Waals surface area contributed by atoms with E-state index in [4.69, 9.17) is 23.2 Å². The second-order valence-electron chi connectivity index (χ2n) is 4.93. The summed E-state index contributed by atoms with van der Waals surface area (Å²) in [6.45, 7) is 0. The molecule has 0 saturated heterocycles. The Labute approximate surface area is 159 Å². The zero-order valence-corrected chi connectivity index (χ0v) is 15.9. The molecule has 0 fully saturated rings. The van der Waals surface area contributed by atoms with Crippen LogP contribution < -0.4 is 4.72 Å². The molecule has 0 unspecified atom stereocenters. The van der Waals surface area contributed by atoms with Gasteiger partial charge in [0.05, 0.1) is 41.1 Å². The van der Waals surface area contributed by atoms with Crippen molar-refractivity contribution in [1.82, 2.24) is 0 Å². The number of carbonyl (C=O) groups is 2. The van der Waals surface area contributed by atoms with Gasteiger partial charge in [0.2, 0.25) is 0 Å². The third-order valence-electron chi connectivity index (χ3n) is 3.27. The number of hydrogen-bond donors (Lipinski definition) is 1. The number of sulfonamides is 1. The van der Waals surface area contributed by atoms with E-state index in [9.17, 15) is 18.0 Å². The summed E-state index contributed by atoms with van der Waals surface area (Å²) in [5.74, 6) is -1.38. The number of esters is 2. The number of halogens is 2. The van der Waals surface area contributed by atoms with Gasteiger partial charge in [0.25, 0.3) is 10.0 Å². The highest BCUT2D eigenvalue weighted by Gasteiger charge is 2.22. The van der Waals surface area contributed by atoms with E-state index in [2.05, 4.69) is 14.2 Å². The summed E-state index contributed by atoms with van der Waals surface area (Å²) in [7, 11) is -1.84. The lowest BCUT2D eigenvalue weighted by atomic mass is 10.2. The number of ether oxygens (including phenoxy) is 2. The molecule has 0 atom stereocenters. The van der Waals surface area contributed by atoms with Crippen molar-refractivity contribution in [2.45, 2.75) is 4.90 Å². The lowest BCUT2D eigenvalue weighted by Gasteiger charge is -2.12. The number of methoxy groups -OCH3 is 2. The maximum absolute atomic E-state index is 12.7. The Bertz CT molecular complexity index is 975. The average molecular weight is 418 g/mol. The quantitative estimate of drug-likeness (QED) is 0.748. The van der Waals surface area contributed by atoms with Crippen LogP contribution in [-0.2, 0) is 19.5 Å². The van der Waals surface area contributed by atoms with E-state index in [-0.39, 0.29) is 31.8 Å². The summed E-state index contributed by atoms with van der Waals surface area (Å²) in [4.78, 5) is 22.9. The van der Waals surface area contributed by atoms with Gasteiger partial charge in [-0.25, -0.2) is 18.0 Å². The standard InChI is InChI=1S/C16H13Cl2NO6S/c1-24-15(20)9-3-5-11(17)13(7-9)19-26(22,23)14-8-10(16(21)25-2)4-6-12(14)18/h3-8,19H,1-2H3. The van der Waals surface area contributed by atoms with E-state index < -0.39 is 22.0 Å². The van der Waals surface area contributed by atoms with Crippen LogP contribution in [0.5, 0.6) is 0 Å². The first kappa shape index (κ1) is 20.0.